The van der Waals surface area contributed by atoms with Gasteiger partial charge in [0.2, 0.25) is 0 Å². The molecule has 13 heavy (non-hydrogen) atoms. The van der Waals surface area contributed by atoms with Crippen molar-refractivity contribution in [3.05, 3.63) is 23.2 Å². The molecule has 1 aromatic carbocycles. The Morgan fingerprint density at radius 3 is 2.92 bits per heavy atom. The Labute approximate surface area is 87.8 Å². The van der Waals surface area contributed by atoms with Crippen LogP contribution in [-0.2, 0) is 0 Å². The fourth-order valence-electron chi connectivity index (χ4n) is 0.869. The molecule has 0 atom stereocenters. The van der Waals surface area contributed by atoms with E-state index in [-0.39, 0.29) is 0 Å². The molecule has 2 nitrogen and oxygen atoms in total. The van der Waals surface area contributed by atoms with Crippen molar-refractivity contribution in [2.75, 3.05) is 25.1 Å². The Morgan fingerprint density at radius 1 is 1.54 bits per heavy atom. The van der Waals surface area contributed by atoms with Gasteiger partial charge in [0.15, 0.2) is 0 Å². The zero-order valence-corrected chi connectivity index (χ0v) is 9.08. The van der Waals surface area contributed by atoms with Crippen molar-refractivity contribution < 1.29 is 0 Å². The van der Waals surface area contributed by atoms with Crippen molar-refractivity contribution in [2.24, 2.45) is 0 Å². The standard InChI is InChI=1S/C9H13ClN2S/c1-12-4-5-13-7-2-3-9(11)8(10)6-7/h2-3,6,12H,4-5,11H2,1H3. The summed E-state index contributed by atoms with van der Waals surface area (Å²) >= 11 is 7.64. The van der Waals surface area contributed by atoms with E-state index in [0.29, 0.717) is 10.7 Å². The maximum atomic E-state index is 5.87. The molecular formula is C9H13ClN2S. The normalized spacial score (nSPS) is 10.3. The summed E-state index contributed by atoms with van der Waals surface area (Å²) in [4.78, 5) is 1.16. The lowest BCUT2D eigenvalue weighted by Gasteiger charge is -2.03. The van der Waals surface area contributed by atoms with E-state index in [1.165, 1.54) is 0 Å². The average Bonchev–Trinajstić information content (AvgIpc) is 2.12. The summed E-state index contributed by atoms with van der Waals surface area (Å²) in [6.07, 6.45) is 0. The summed E-state index contributed by atoms with van der Waals surface area (Å²) < 4.78 is 0. The molecule has 0 aromatic heterocycles. The van der Waals surface area contributed by atoms with Crippen molar-refractivity contribution in [3.8, 4) is 0 Å². The smallest absolute Gasteiger partial charge is 0.0646 e. The summed E-state index contributed by atoms with van der Waals surface area (Å²) in [5.41, 5.74) is 6.23. The number of halogens is 1. The zero-order valence-electron chi connectivity index (χ0n) is 7.51. The van der Waals surface area contributed by atoms with E-state index in [2.05, 4.69) is 5.32 Å². The number of nitrogens with one attached hydrogen (secondary N) is 1. The van der Waals surface area contributed by atoms with E-state index >= 15 is 0 Å². The predicted octanol–water partition coefficient (Wildman–Crippen LogP) is 2.23. The van der Waals surface area contributed by atoms with Gasteiger partial charge < -0.3 is 11.1 Å². The molecule has 0 amide bonds. The first-order valence-corrected chi connectivity index (χ1v) is 5.43. The van der Waals surface area contributed by atoms with Gasteiger partial charge in [-0.25, -0.2) is 0 Å². The molecule has 0 aliphatic carbocycles. The summed E-state index contributed by atoms with van der Waals surface area (Å²) in [6, 6.07) is 5.72. The van der Waals surface area contributed by atoms with Crippen LogP contribution in [0, 0.1) is 0 Å². The summed E-state index contributed by atoms with van der Waals surface area (Å²) in [5, 5.41) is 3.72. The van der Waals surface area contributed by atoms with E-state index in [0.717, 1.165) is 17.2 Å². The molecule has 0 heterocycles. The van der Waals surface area contributed by atoms with E-state index < -0.39 is 0 Å². The van der Waals surface area contributed by atoms with Gasteiger partial charge >= 0.3 is 0 Å². The Morgan fingerprint density at radius 2 is 2.31 bits per heavy atom. The lowest BCUT2D eigenvalue weighted by atomic mass is 10.3. The molecule has 0 saturated heterocycles. The lowest BCUT2D eigenvalue weighted by Crippen LogP contribution is -2.09. The molecule has 0 unspecified atom stereocenters. The number of anilines is 1. The maximum absolute atomic E-state index is 5.87. The van der Waals surface area contributed by atoms with Crippen LogP contribution in [-0.4, -0.2) is 19.3 Å². The van der Waals surface area contributed by atoms with Gasteiger partial charge in [-0.05, 0) is 25.2 Å². The van der Waals surface area contributed by atoms with Crippen molar-refractivity contribution in [2.45, 2.75) is 4.90 Å². The van der Waals surface area contributed by atoms with Crippen molar-refractivity contribution in [1.29, 1.82) is 0 Å². The minimum absolute atomic E-state index is 0.634. The van der Waals surface area contributed by atoms with Crippen LogP contribution in [0.25, 0.3) is 0 Å². The number of hydrogen-bond donors (Lipinski definition) is 2. The Balaban J connectivity index is 2.53. The molecule has 1 aromatic rings. The summed E-state index contributed by atoms with van der Waals surface area (Å²) in [6.45, 7) is 0.993. The first-order valence-electron chi connectivity index (χ1n) is 4.06. The third-order valence-corrected chi connectivity index (χ3v) is 2.92. The van der Waals surface area contributed by atoms with Crippen LogP contribution in [0.5, 0.6) is 0 Å². The van der Waals surface area contributed by atoms with Gasteiger partial charge in [0.25, 0.3) is 0 Å². The first kappa shape index (κ1) is 10.7. The van der Waals surface area contributed by atoms with Gasteiger partial charge in [-0.2, -0.15) is 0 Å². The van der Waals surface area contributed by atoms with Crippen LogP contribution < -0.4 is 11.1 Å². The van der Waals surface area contributed by atoms with E-state index in [4.69, 9.17) is 17.3 Å². The fourth-order valence-corrected chi connectivity index (χ4v) is 2.02. The molecule has 0 radical (unpaired) electrons. The summed E-state index contributed by atoms with van der Waals surface area (Å²) in [5.74, 6) is 1.04. The minimum Gasteiger partial charge on any atom is -0.398 e. The minimum atomic E-state index is 0.634. The molecule has 0 fully saturated rings. The number of thioether (sulfide) groups is 1. The Hall–Kier alpha value is -0.380. The number of rotatable bonds is 4. The van der Waals surface area contributed by atoms with Crippen molar-refractivity contribution >= 4 is 29.1 Å². The van der Waals surface area contributed by atoms with Crippen LogP contribution in [0.15, 0.2) is 23.1 Å². The van der Waals surface area contributed by atoms with Gasteiger partial charge in [-0.15, -0.1) is 11.8 Å². The molecule has 4 heteroatoms. The molecule has 0 spiro atoms. The van der Waals surface area contributed by atoms with Crippen LogP contribution >= 0.6 is 23.4 Å². The predicted molar refractivity (Wildman–Crippen MR) is 60.5 cm³/mol. The highest BCUT2D eigenvalue weighted by Crippen LogP contribution is 2.25. The summed E-state index contributed by atoms with van der Waals surface area (Å²) in [7, 11) is 1.94. The second-order valence-electron chi connectivity index (χ2n) is 2.64. The van der Waals surface area contributed by atoms with Gasteiger partial charge in [0, 0.05) is 17.2 Å². The molecule has 0 aliphatic rings. The van der Waals surface area contributed by atoms with Crippen LogP contribution in [0.1, 0.15) is 0 Å². The van der Waals surface area contributed by atoms with Gasteiger partial charge in [-0.1, -0.05) is 11.6 Å². The second-order valence-corrected chi connectivity index (χ2v) is 4.21. The van der Waals surface area contributed by atoms with E-state index in [9.17, 15) is 0 Å². The van der Waals surface area contributed by atoms with E-state index in [1.807, 2.05) is 25.2 Å². The fraction of sp³-hybridized carbons (Fsp3) is 0.333. The quantitative estimate of drug-likeness (QED) is 0.461. The number of nitrogens with two attached hydrogens (primary N) is 1. The SMILES string of the molecule is CNCCSc1ccc(N)c(Cl)c1. The maximum Gasteiger partial charge on any atom is 0.0646 e. The molecule has 0 saturated carbocycles. The van der Waals surface area contributed by atoms with Crippen molar-refractivity contribution in [1.82, 2.24) is 5.32 Å². The molecule has 0 bridgehead atoms. The zero-order chi connectivity index (χ0) is 9.68. The number of hydrogen-bond acceptors (Lipinski definition) is 3. The molecular weight excluding hydrogens is 204 g/mol. The van der Waals surface area contributed by atoms with Crippen LogP contribution in [0.2, 0.25) is 5.02 Å². The first-order chi connectivity index (χ1) is 6.24. The van der Waals surface area contributed by atoms with E-state index in [1.54, 1.807) is 11.8 Å². The molecule has 1 rings (SSSR count). The third kappa shape index (κ3) is 3.46. The number of nitrogen functional groups attached to an aromatic ring is 1. The van der Waals surface area contributed by atoms with Crippen LogP contribution in [0.3, 0.4) is 0 Å². The highest BCUT2D eigenvalue weighted by atomic mass is 35.5. The molecule has 72 valence electrons. The van der Waals surface area contributed by atoms with Gasteiger partial charge in [0.1, 0.15) is 0 Å². The highest BCUT2D eigenvalue weighted by molar-refractivity contribution is 7.99. The van der Waals surface area contributed by atoms with Gasteiger partial charge in [0.05, 0.1) is 10.7 Å². The van der Waals surface area contributed by atoms with Gasteiger partial charge in [-0.3, -0.25) is 0 Å². The van der Waals surface area contributed by atoms with Crippen LogP contribution in [0.4, 0.5) is 5.69 Å². The Kier molecular flexibility index (Phi) is 4.42. The molecule has 3 N–H and O–H groups in total. The third-order valence-electron chi connectivity index (χ3n) is 1.59. The number of benzene rings is 1. The molecule has 0 aliphatic heterocycles. The largest absolute Gasteiger partial charge is 0.398 e. The monoisotopic (exact) mass is 216 g/mol. The van der Waals surface area contributed by atoms with Crippen molar-refractivity contribution in [3.63, 3.8) is 0 Å². The topological polar surface area (TPSA) is 38.0 Å². The lowest BCUT2D eigenvalue weighted by molar-refractivity contribution is 0.872. The highest BCUT2D eigenvalue weighted by Gasteiger charge is 1.98. The Bertz CT molecular complexity index is 278. The average molecular weight is 217 g/mol. The second kappa shape index (κ2) is 5.37.